The molecule has 0 aromatic carbocycles. The summed E-state index contributed by atoms with van der Waals surface area (Å²) in [4.78, 5) is 12.7. The third-order valence-corrected chi connectivity index (χ3v) is 5.00. The Balaban J connectivity index is 1.96. The van der Waals surface area contributed by atoms with E-state index in [4.69, 9.17) is 4.99 Å². The third-order valence-electron chi connectivity index (χ3n) is 4.10. The molecular formula is C16H29N5S. The highest BCUT2D eigenvalue weighted by atomic mass is 32.1. The van der Waals surface area contributed by atoms with Crippen LogP contribution in [0.1, 0.15) is 37.6 Å². The van der Waals surface area contributed by atoms with E-state index in [-0.39, 0.29) is 0 Å². The number of hydrogen-bond acceptors (Lipinski definition) is 4. The van der Waals surface area contributed by atoms with Gasteiger partial charge in [-0.15, -0.1) is 11.3 Å². The summed E-state index contributed by atoms with van der Waals surface area (Å²) in [6.07, 6.45) is 1.92. The minimum absolute atomic E-state index is 0.461. The van der Waals surface area contributed by atoms with Gasteiger partial charge < -0.3 is 10.6 Å². The first-order valence-corrected chi connectivity index (χ1v) is 9.01. The van der Waals surface area contributed by atoms with Crippen molar-refractivity contribution in [1.29, 1.82) is 0 Å². The Labute approximate surface area is 138 Å². The van der Waals surface area contributed by atoms with Gasteiger partial charge >= 0.3 is 0 Å². The van der Waals surface area contributed by atoms with Gasteiger partial charge in [-0.2, -0.15) is 0 Å². The van der Waals surface area contributed by atoms with Gasteiger partial charge in [-0.05, 0) is 33.6 Å². The summed E-state index contributed by atoms with van der Waals surface area (Å²) in [5.74, 6) is 1.55. The first-order valence-electron chi connectivity index (χ1n) is 8.19. The summed E-state index contributed by atoms with van der Waals surface area (Å²) in [6.45, 7) is 14.8. The summed E-state index contributed by atoms with van der Waals surface area (Å²) >= 11 is 1.71. The van der Waals surface area contributed by atoms with E-state index in [2.05, 4.69) is 48.2 Å². The Hall–Kier alpha value is -1.14. The van der Waals surface area contributed by atoms with Crippen molar-refractivity contribution in [2.24, 2.45) is 10.9 Å². The number of likely N-dealkylation sites (tertiary alicyclic amines) is 1. The fraction of sp³-hybridized carbons (Fsp3) is 0.750. The smallest absolute Gasteiger partial charge is 0.191 e. The molecule has 2 atom stereocenters. The predicted molar refractivity (Wildman–Crippen MR) is 94.5 cm³/mol. The fourth-order valence-corrected chi connectivity index (χ4v) is 3.46. The molecule has 124 valence electrons. The van der Waals surface area contributed by atoms with Crippen molar-refractivity contribution < 1.29 is 0 Å². The van der Waals surface area contributed by atoms with E-state index in [0.717, 1.165) is 30.6 Å². The van der Waals surface area contributed by atoms with E-state index >= 15 is 0 Å². The molecule has 0 aliphatic carbocycles. The molecule has 1 aliphatic heterocycles. The number of nitrogens with one attached hydrogen (secondary N) is 2. The molecule has 0 bridgehead atoms. The lowest BCUT2D eigenvalue weighted by atomic mass is 10.1. The molecule has 1 fully saturated rings. The van der Waals surface area contributed by atoms with Crippen LogP contribution in [0.15, 0.2) is 11.2 Å². The molecule has 2 N–H and O–H groups in total. The number of nitrogens with zero attached hydrogens (tertiary/aromatic N) is 3. The number of aryl methyl sites for hydroxylation is 1. The summed E-state index contributed by atoms with van der Waals surface area (Å²) in [5, 5.41) is 8.06. The van der Waals surface area contributed by atoms with E-state index < -0.39 is 0 Å². The highest BCUT2D eigenvalue weighted by molar-refractivity contribution is 7.11. The van der Waals surface area contributed by atoms with Gasteiger partial charge in [0.25, 0.3) is 0 Å². The zero-order chi connectivity index (χ0) is 16.1. The SMILES string of the molecule is CCNC(=NCc1cnc(C)s1)NC1CN(C(C)C)CC1C. The Bertz CT molecular complexity index is 496. The summed E-state index contributed by atoms with van der Waals surface area (Å²) < 4.78 is 0. The molecule has 1 aromatic rings. The molecule has 6 heteroatoms. The Morgan fingerprint density at radius 1 is 1.50 bits per heavy atom. The van der Waals surface area contributed by atoms with E-state index in [1.165, 1.54) is 4.88 Å². The first kappa shape index (κ1) is 17.2. The molecule has 0 radical (unpaired) electrons. The molecule has 0 spiro atoms. The summed E-state index contributed by atoms with van der Waals surface area (Å²) in [7, 11) is 0. The molecule has 2 rings (SSSR count). The standard InChI is InChI=1S/C16H29N5S/c1-6-17-16(19-8-14-7-18-13(5)22-14)20-15-10-21(11(2)3)9-12(15)4/h7,11-12,15H,6,8-10H2,1-5H3,(H2,17,19,20). The van der Waals surface area contributed by atoms with Crippen LogP contribution in [0.3, 0.4) is 0 Å². The average molecular weight is 324 g/mol. The van der Waals surface area contributed by atoms with Gasteiger partial charge in [0.05, 0.1) is 11.6 Å². The molecule has 5 nitrogen and oxygen atoms in total. The maximum atomic E-state index is 4.71. The summed E-state index contributed by atoms with van der Waals surface area (Å²) in [6, 6.07) is 1.07. The third kappa shape index (κ3) is 4.68. The Morgan fingerprint density at radius 2 is 2.27 bits per heavy atom. The molecular weight excluding hydrogens is 294 g/mol. The van der Waals surface area contributed by atoms with Crippen LogP contribution < -0.4 is 10.6 Å². The number of rotatable bonds is 5. The minimum Gasteiger partial charge on any atom is -0.357 e. The molecule has 22 heavy (non-hydrogen) atoms. The van der Waals surface area contributed by atoms with E-state index in [1.54, 1.807) is 11.3 Å². The van der Waals surface area contributed by atoms with Gasteiger partial charge in [-0.1, -0.05) is 6.92 Å². The van der Waals surface area contributed by atoms with Crippen LogP contribution in [-0.4, -0.2) is 47.6 Å². The Morgan fingerprint density at radius 3 is 2.82 bits per heavy atom. The largest absolute Gasteiger partial charge is 0.357 e. The number of thiazole rings is 1. The normalized spacial score (nSPS) is 23.3. The average Bonchev–Trinajstić information content (AvgIpc) is 3.03. The van der Waals surface area contributed by atoms with Gasteiger partial charge in [-0.25, -0.2) is 9.98 Å². The number of aliphatic imine (C=N–C) groups is 1. The zero-order valence-electron chi connectivity index (χ0n) is 14.4. The second kappa shape index (κ2) is 7.92. The topological polar surface area (TPSA) is 52.6 Å². The van der Waals surface area contributed by atoms with Gasteiger partial charge in [0.2, 0.25) is 0 Å². The van der Waals surface area contributed by atoms with Crippen molar-refractivity contribution in [1.82, 2.24) is 20.5 Å². The molecule has 0 amide bonds. The van der Waals surface area contributed by atoms with Crippen molar-refractivity contribution in [2.75, 3.05) is 19.6 Å². The van der Waals surface area contributed by atoms with E-state index in [9.17, 15) is 0 Å². The molecule has 1 aliphatic rings. The highest BCUT2D eigenvalue weighted by Gasteiger charge is 2.31. The maximum absolute atomic E-state index is 4.71. The number of guanidine groups is 1. The molecule has 0 saturated carbocycles. The van der Waals surface area contributed by atoms with Crippen LogP contribution in [0.25, 0.3) is 0 Å². The van der Waals surface area contributed by atoms with Gasteiger partial charge in [0.1, 0.15) is 0 Å². The van der Waals surface area contributed by atoms with Gasteiger partial charge in [-0.3, -0.25) is 4.90 Å². The van der Waals surface area contributed by atoms with Crippen LogP contribution in [0.5, 0.6) is 0 Å². The fourth-order valence-electron chi connectivity index (χ4n) is 2.74. The van der Waals surface area contributed by atoms with Crippen molar-refractivity contribution in [3.8, 4) is 0 Å². The van der Waals surface area contributed by atoms with Gasteiger partial charge in [0.15, 0.2) is 5.96 Å². The van der Waals surface area contributed by atoms with E-state index in [0.29, 0.717) is 24.5 Å². The lowest BCUT2D eigenvalue weighted by Gasteiger charge is -2.21. The van der Waals surface area contributed by atoms with Crippen molar-refractivity contribution in [3.05, 3.63) is 16.1 Å². The Kier molecular flexibility index (Phi) is 6.20. The summed E-state index contributed by atoms with van der Waals surface area (Å²) in [5.41, 5.74) is 0. The molecule has 2 unspecified atom stereocenters. The molecule has 1 saturated heterocycles. The highest BCUT2D eigenvalue weighted by Crippen LogP contribution is 2.18. The quantitative estimate of drug-likeness (QED) is 0.644. The molecule has 1 aromatic heterocycles. The van der Waals surface area contributed by atoms with E-state index in [1.807, 2.05) is 13.1 Å². The van der Waals surface area contributed by atoms with Crippen LogP contribution in [0, 0.1) is 12.8 Å². The van der Waals surface area contributed by atoms with Crippen molar-refractivity contribution in [3.63, 3.8) is 0 Å². The number of aromatic nitrogens is 1. The monoisotopic (exact) mass is 323 g/mol. The second-order valence-corrected chi connectivity index (χ2v) is 7.64. The van der Waals surface area contributed by atoms with Crippen LogP contribution >= 0.6 is 11.3 Å². The second-order valence-electron chi connectivity index (χ2n) is 6.32. The van der Waals surface area contributed by atoms with Crippen LogP contribution in [0.4, 0.5) is 0 Å². The lowest BCUT2D eigenvalue weighted by molar-refractivity contribution is 0.265. The lowest BCUT2D eigenvalue weighted by Crippen LogP contribution is -2.46. The number of hydrogen-bond donors (Lipinski definition) is 2. The zero-order valence-corrected chi connectivity index (χ0v) is 15.2. The molecule has 2 heterocycles. The van der Waals surface area contributed by atoms with Crippen molar-refractivity contribution in [2.45, 2.75) is 53.2 Å². The minimum atomic E-state index is 0.461. The van der Waals surface area contributed by atoms with Gasteiger partial charge in [0, 0.05) is 42.8 Å². The predicted octanol–water partition coefficient (Wildman–Crippen LogP) is 2.24. The maximum Gasteiger partial charge on any atom is 0.191 e. The van der Waals surface area contributed by atoms with Crippen LogP contribution in [0.2, 0.25) is 0 Å². The van der Waals surface area contributed by atoms with Crippen molar-refractivity contribution >= 4 is 17.3 Å². The first-order chi connectivity index (χ1) is 10.5. The van der Waals surface area contributed by atoms with Crippen LogP contribution in [-0.2, 0) is 6.54 Å².